The molecule has 2 aromatic rings. The Balaban J connectivity index is 1.43. The largest absolute Gasteiger partial charge is 0.370 e. The van der Waals surface area contributed by atoms with Gasteiger partial charge in [0.05, 0.1) is 30.8 Å². The highest BCUT2D eigenvalue weighted by atomic mass is 15.4. The molecule has 0 spiro atoms. The lowest BCUT2D eigenvalue weighted by Gasteiger charge is -2.27. The molecule has 0 radical (unpaired) electrons. The van der Waals surface area contributed by atoms with Gasteiger partial charge in [-0.3, -0.25) is 10.6 Å². The summed E-state index contributed by atoms with van der Waals surface area (Å²) < 4.78 is 0. The Labute approximate surface area is 218 Å². The fraction of sp³-hybridized carbons (Fsp3) is 0.520. The van der Waals surface area contributed by atoms with E-state index in [0.717, 1.165) is 25.1 Å². The fourth-order valence-corrected chi connectivity index (χ4v) is 3.99. The van der Waals surface area contributed by atoms with Crippen LogP contribution in [0.3, 0.4) is 0 Å². The molecule has 4 heterocycles. The van der Waals surface area contributed by atoms with Gasteiger partial charge in [-0.1, -0.05) is 0 Å². The molecule has 0 amide bonds. The van der Waals surface area contributed by atoms with Crippen molar-refractivity contribution in [1.29, 1.82) is 0 Å². The number of rotatable bonds is 8. The average Bonchev–Trinajstić information content (AvgIpc) is 3.53. The SMILES string of the molecule is CC1N=C(N)NC(N(CCc2ccc[nH]2)CNC2=NC(C)C(C)N=C(NCCc3ccc[nH]3)N2)=NC1C. The van der Waals surface area contributed by atoms with E-state index in [1.165, 1.54) is 5.69 Å². The van der Waals surface area contributed by atoms with E-state index in [1.54, 1.807) is 0 Å². The highest BCUT2D eigenvalue weighted by Gasteiger charge is 2.22. The molecule has 2 aromatic heterocycles. The molecule has 4 unspecified atom stereocenters. The van der Waals surface area contributed by atoms with Crippen LogP contribution in [0.1, 0.15) is 39.1 Å². The molecule has 0 aromatic carbocycles. The molecular formula is C25H40N12. The maximum Gasteiger partial charge on any atom is 0.202 e. The first-order valence-electron chi connectivity index (χ1n) is 13.0. The van der Waals surface area contributed by atoms with Crippen molar-refractivity contribution in [3.8, 4) is 0 Å². The molecule has 0 aliphatic carbocycles. The number of nitrogens with two attached hydrogens (primary N) is 1. The van der Waals surface area contributed by atoms with Crippen LogP contribution < -0.4 is 27.0 Å². The maximum absolute atomic E-state index is 6.14. The molecule has 0 saturated heterocycles. The normalized spacial score (nSPS) is 23.8. The van der Waals surface area contributed by atoms with Crippen LogP contribution in [0.2, 0.25) is 0 Å². The molecule has 2 aliphatic heterocycles. The Bertz CT molecular complexity index is 1100. The van der Waals surface area contributed by atoms with E-state index in [0.29, 0.717) is 37.1 Å². The van der Waals surface area contributed by atoms with Crippen LogP contribution in [0.15, 0.2) is 56.6 Å². The summed E-state index contributed by atoms with van der Waals surface area (Å²) in [5.41, 5.74) is 8.47. The molecule has 12 heteroatoms. The van der Waals surface area contributed by atoms with E-state index in [4.69, 9.17) is 20.7 Å². The van der Waals surface area contributed by atoms with Gasteiger partial charge >= 0.3 is 0 Å². The molecular weight excluding hydrogens is 468 g/mol. The first kappa shape index (κ1) is 26.1. The number of guanidine groups is 4. The van der Waals surface area contributed by atoms with Gasteiger partial charge in [0, 0.05) is 49.7 Å². The zero-order valence-electron chi connectivity index (χ0n) is 22.1. The predicted octanol–water partition coefficient (Wildman–Crippen LogP) is 0.710. The van der Waals surface area contributed by atoms with Crippen molar-refractivity contribution in [2.24, 2.45) is 25.7 Å². The van der Waals surface area contributed by atoms with Gasteiger partial charge in [-0.25, -0.2) is 20.0 Å². The highest BCUT2D eigenvalue weighted by Crippen LogP contribution is 2.09. The molecule has 37 heavy (non-hydrogen) atoms. The first-order chi connectivity index (χ1) is 17.9. The monoisotopic (exact) mass is 508 g/mol. The zero-order chi connectivity index (χ0) is 26.2. The van der Waals surface area contributed by atoms with E-state index < -0.39 is 0 Å². The number of aromatic amines is 2. The molecule has 0 fully saturated rings. The molecule has 4 rings (SSSR count). The summed E-state index contributed by atoms with van der Waals surface area (Å²) in [6.07, 6.45) is 5.56. The van der Waals surface area contributed by atoms with Gasteiger partial charge in [0.15, 0.2) is 17.9 Å². The maximum atomic E-state index is 6.14. The van der Waals surface area contributed by atoms with Crippen LogP contribution in [0, 0.1) is 0 Å². The summed E-state index contributed by atoms with van der Waals surface area (Å²) >= 11 is 0. The summed E-state index contributed by atoms with van der Waals surface area (Å²) in [5.74, 6) is 2.42. The van der Waals surface area contributed by atoms with E-state index in [9.17, 15) is 0 Å². The van der Waals surface area contributed by atoms with Gasteiger partial charge < -0.3 is 31.2 Å². The smallest absolute Gasteiger partial charge is 0.202 e. The summed E-state index contributed by atoms with van der Waals surface area (Å²) in [4.78, 5) is 27.6. The molecule has 4 atom stereocenters. The van der Waals surface area contributed by atoms with Crippen molar-refractivity contribution in [3.63, 3.8) is 0 Å². The van der Waals surface area contributed by atoms with Crippen molar-refractivity contribution >= 4 is 23.8 Å². The Hall–Kier alpha value is -3.96. The van der Waals surface area contributed by atoms with Crippen molar-refractivity contribution in [2.75, 3.05) is 19.8 Å². The van der Waals surface area contributed by atoms with Crippen molar-refractivity contribution < 1.29 is 0 Å². The number of aromatic nitrogens is 2. The molecule has 0 saturated carbocycles. The standard InChI is InChI=1S/C25H40N12/c1-16-19(4)34-25(35-22(26)31-16)37(14-10-21-8-6-12-28-21)15-30-24-33-18(3)17(2)32-23(36-24)29-13-9-20-7-5-11-27-20/h5-8,11-12,16-19,27-28H,9-10,13-15H2,1-4H3,(H3,26,31,34,35)(H3,29,30,32,33,36). The summed E-state index contributed by atoms with van der Waals surface area (Å²) in [6.45, 7) is 10.1. The Kier molecular flexibility index (Phi) is 8.70. The Morgan fingerprint density at radius 2 is 1.38 bits per heavy atom. The van der Waals surface area contributed by atoms with Crippen LogP contribution in [-0.4, -0.2) is 82.6 Å². The minimum atomic E-state index is -0.00614. The number of hydrogen-bond acceptors (Lipinski definition) is 10. The molecule has 2 aliphatic rings. The second kappa shape index (κ2) is 12.3. The molecule has 8 N–H and O–H groups in total. The second-order valence-corrected chi connectivity index (χ2v) is 9.55. The zero-order valence-corrected chi connectivity index (χ0v) is 22.1. The minimum absolute atomic E-state index is 0.00530. The van der Waals surface area contributed by atoms with Crippen LogP contribution in [0.25, 0.3) is 0 Å². The lowest BCUT2D eigenvalue weighted by molar-refractivity contribution is 0.398. The molecule has 0 bridgehead atoms. The average molecular weight is 509 g/mol. The van der Waals surface area contributed by atoms with Gasteiger partial charge in [0.2, 0.25) is 5.96 Å². The van der Waals surface area contributed by atoms with Crippen LogP contribution >= 0.6 is 0 Å². The predicted molar refractivity (Wildman–Crippen MR) is 150 cm³/mol. The first-order valence-corrected chi connectivity index (χ1v) is 13.0. The van der Waals surface area contributed by atoms with Crippen molar-refractivity contribution in [2.45, 2.75) is 64.7 Å². The lowest BCUT2D eigenvalue weighted by atomic mass is 10.2. The number of hydrogen-bond donors (Lipinski definition) is 7. The van der Waals surface area contributed by atoms with Crippen LogP contribution in [-0.2, 0) is 12.8 Å². The van der Waals surface area contributed by atoms with Crippen LogP contribution in [0.5, 0.6) is 0 Å². The summed E-state index contributed by atoms with van der Waals surface area (Å²) in [5, 5.41) is 13.4. The van der Waals surface area contributed by atoms with E-state index in [1.807, 2.05) is 38.4 Å². The fourth-order valence-electron chi connectivity index (χ4n) is 3.99. The number of H-pyrrole nitrogens is 2. The van der Waals surface area contributed by atoms with E-state index in [-0.39, 0.29) is 24.2 Å². The van der Waals surface area contributed by atoms with Gasteiger partial charge in [-0.15, -0.1) is 0 Å². The third kappa shape index (κ3) is 7.51. The van der Waals surface area contributed by atoms with Crippen molar-refractivity contribution in [3.05, 3.63) is 48.0 Å². The number of aliphatic imine (C=N–C) groups is 4. The van der Waals surface area contributed by atoms with E-state index >= 15 is 0 Å². The molecule has 200 valence electrons. The van der Waals surface area contributed by atoms with Crippen LogP contribution in [0.4, 0.5) is 0 Å². The minimum Gasteiger partial charge on any atom is -0.370 e. The second-order valence-electron chi connectivity index (χ2n) is 9.55. The van der Waals surface area contributed by atoms with Gasteiger partial charge in [-0.05, 0) is 52.0 Å². The Morgan fingerprint density at radius 3 is 2.03 bits per heavy atom. The third-order valence-electron chi connectivity index (χ3n) is 6.61. The number of nitrogens with zero attached hydrogens (tertiary/aromatic N) is 5. The van der Waals surface area contributed by atoms with Gasteiger partial charge in [0.1, 0.15) is 0 Å². The lowest BCUT2D eigenvalue weighted by Crippen LogP contribution is -2.54. The third-order valence-corrected chi connectivity index (χ3v) is 6.61. The highest BCUT2D eigenvalue weighted by molar-refractivity contribution is 6.00. The van der Waals surface area contributed by atoms with Crippen molar-refractivity contribution in [1.82, 2.24) is 36.1 Å². The summed E-state index contributed by atoms with van der Waals surface area (Å²) in [7, 11) is 0. The quantitative estimate of drug-likeness (QED) is 0.260. The van der Waals surface area contributed by atoms with E-state index in [2.05, 4.69) is 67.1 Å². The Morgan fingerprint density at radius 1 is 0.784 bits per heavy atom. The molecule has 12 nitrogen and oxygen atoms in total. The van der Waals surface area contributed by atoms with Gasteiger partial charge in [-0.2, -0.15) is 0 Å². The van der Waals surface area contributed by atoms with Gasteiger partial charge in [0.25, 0.3) is 0 Å². The number of nitrogens with one attached hydrogen (secondary N) is 6. The topological polar surface area (TPSA) is 158 Å². The summed E-state index contributed by atoms with van der Waals surface area (Å²) in [6, 6.07) is 8.21.